The van der Waals surface area contributed by atoms with E-state index in [9.17, 15) is 4.79 Å². The quantitative estimate of drug-likeness (QED) is 0.175. The van der Waals surface area contributed by atoms with E-state index in [0.717, 1.165) is 0 Å². The first kappa shape index (κ1) is 22.4. The zero-order chi connectivity index (χ0) is 17.7. The van der Waals surface area contributed by atoms with E-state index in [1.165, 1.54) is 64.2 Å². The van der Waals surface area contributed by atoms with Crippen molar-refractivity contribution in [1.82, 2.24) is 0 Å². The first-order valence-corrected chi connectivity index (χ1v) is 9.61. The van der Waals surface area contributed by atoms with E-state index < -0.39 is 0 Å². The van der Waals surface area contributed by atoms with Crippen LogP contribution in [-0.4, -0.2) is 5.78 Å². The number of ketones is 1. The summed E-state index contributed by atoms with van der Waals surface area (Å²) in [5.74, 6) is 0.0700. The summed E-state index contributed by atoms with van der Waals surface area (Å²) in [6.07, 6.45) is 33.1. The molecule has 0 spiro atoms. The molecule has 0 atom stereocenters. The average molecular weight is 329 g/mol. The fourth-order valence-electron chi connectivity index (χ4n) is 2.32. The van der Waals surface area contributed by atoms with Crippen molar-refractivity contribution in [3.8, 4) is 0 Å². The lowest BCUT2D eigenvalue weighted by Crippen LogP contribution is -1.80. The molecule has 0 aliphatic heterocycles. The molecular weight excluding hydrogens is 292 g/mol. The third-order valence-corrected chi connectivity index (χ3v) is 3.72. The Balaban J connectivity index is 3.44. The van der Waals surface area contributed by atoms with Gasteiger partial charge in [0.05, 0.1) is 0 Å². The zero-order valence-electron chi connectivity index (χ0n) is 15.8. The van der Waals surface area contributed by atoms with E-state index >= 15 is 0 Å². The van der Waals surface area contributed by atoms with Crippen molar-refractivity contribution in [2.45, 2.75) is 78.1 Å². The maximum absolute atomic E-state index is 10.7. The molecule has 1 heteroatoms. The molecule has 134 valence electrons. The van der Waals surface area contributed by atoms with Gasteiger partial charge in [0.25, 0.3) is 0 Å². The van der Waals surface area contributed by atoms with Gasteiger partial charge in [-0.05, 0) is 25.8 Å². The van der Waals surface area contributed by atoms with Crippen molar-refractivity contribution in [3.05, 3.63) is 60.8 Å². The minimum absolute atomic E-state index is 0.0700. The Bertz CT molecular complexity index is 421. The van der Waals surface area contributed by atoms with Crippen molar-refractivity contribution in [2.75, 3.05) is 0 Å². The van der Waals surface area contributed by atoms with Gasteiger partial charge in [-0.25, -0.2) is 0 Å². The second-order valence-corrected chi connectivity index (χ2v) is 6.17. The Morgan fingerprint density at radius 2 is 1.08 bits per heavy atom. The van der Waals surface area contributed by atoms with Gasteiger partial charge in [0, 0.05) is 0 Å². The Morgan fingerprint density at radius 3 is 1.62 bits per heavy atom. The van der Waals surface area contributed by atoms with Crippen molar-refractivity contribution >= 4 is 5.78 Å². The molecule has 0 fully saturated rings. The number of carbonyl (C=O) groups is 1. The fraction of sp³-hybridized carbons (Fsp3) is 0.522. The molecule has 0 aromatic rings. The van der Waals surface area contributed by atoms with Gasteiger partial charge in [-0.15, -0.1) is 0 Å². The summed E-state index contributed by atoms with van der Waals surface area (Å²) >= 11 is 0. The molecule has 0 radical (unpaired) electrons. The van der Waals surface area contributed by atoms with Crippen molar-refractivity contribution < 1.29 is 4.79 Å². The van der Waals surface area contributed by atoms with Crippen LogP contribution in [0.15, 0.2) is 60.8 Å². The maximum Gasteiger partial charge on any atom is 0.152 e. The largest absolute Gasteiger partial charge is 0.295 e. The monoisotopic (exact) mass is 328 g/mol. The Hall–Kier alpha value is -1.63. The lowest BCUT2D eigenvalue weighted by atomic mass is 10.1. The smallest absolute Gasteiger partial charge is 0.152 e. The minimum atomic E-state index is 0.0700. The van der Waals surface area contributed by atoms with E-state index in [0.29, 0.717) is 0 Å². The fourth-order valence-corrected chi connectivity index (χ4v) is 2.32. The molecule has 0 amide bonds. The lowest BCUT2D eigenvalue weighted by Gasteiger charge is -2.00. The van der Waals surface area contributed by atoms with Gasteiger partial charge < -0.3 is 0 Å². The Morgan fingerprint density at radius 1 is 0.625 bits per heavy atom. The van der Waals surface area contributed by atoms with Crippen LogP contribution in [0.25, 0.3) is 0 Å². The van der Waals surface area contributed by atoms with Crippen molar-refractivity contribution in [3.63, 3.8) is 0 Å². The molecule has 0 heterocycles. The molecule has 0 aliphatic carbocycles. The molecule has 0 aliphatic rings. The van der Waals surface area contributed by atoms with Gasteiger partial charge in [-0.3, -0.25) is 4.79 Å². The van der Waals surface area contributed by atoms with Crippen LogP contribution in [0.5, 0.6) is 0 Å². The zero-order valence-corrected chi connectivity index (χ0v) is 15.8. The van der Waals surface area contributed by atoms with Crippen LogP contribution in [0.2, 0.25) is 0 Å². The van der Waals surface area contributed by atoms with Crippen molar-refractivity contribution in [1.29, 1.82) is 0 Å². The predicted molar refractivity (Wildman–Crippen MR) is 108 cm³/mol. The summed E-state index contributed by atoms with van der Waals surface area (Å²) in [6.45, 7) is 3.82. The summed E-state index contributed by atoms with van der Waals surface area (Å²) in [5.41, 5.74) is 0. The van der Waals surface area contributed by atoms with Crippen LogP contribution >= 0.6 is 0 Å². The molecule has 0 N–H and O–H groups in total. The molecule has 0 saturated carbocycles. The topological polar surface area (TPSA) is 17.1 Å². The van der Waals surface area contributed by atoms with Crippen LogP contribution in [0, 0.1) is 0 Å². The third kappa shape index (κ3) is 20.4. The second kappa shape index (κ2) is 19.4. The van der Waals surface area contributed by atoms with Gasteiger partial charge in [-0.1, -0.05) is 113 Å². The van der Waals surface area contributed by atoms with E-state index in [1.54, 1.807) is 19.1 Å². The first-order chi connectivity index (χ1) is 11.8. The summed E-state index contributed by atoms with van der Waals surface area (Å²) in [7, 11) is 0. The first-order valence-electron chi connectivity index (χ1n) is 9.61. The molecule has 0 unspecified atom stereocenters. The number of hydrogen-bond acceptors (Lipinski definition) is 1. The van der Waals surface area contributed by atoms with E-state index in [1.807, 2.05) is 30.4 Å². The van der Waals surface area contributed by atoms with Crippen LogP contribution in [-0.2, 0) is 4.79 Å². The molecule has 0 rings (SSSR count). The minimum Gasteiger partial charge on any atom is -0.295 e. The third-order valence-electron chi connectivity index (χ3n) is 3.72. The Labute approximate surface area is 149 Å². The van der Waals surface area contributed by atoms with Crippen LogP contribution < -0.4 is 0 Å². The predicted octanol–water partition coefficient (Wildman–Crippen LogP) is 7.28. The number of hydrogen-bond donors (Lipinski definition) is 0. The maximum atomic E-state index is 10.7. The summed E-state index contributed by atoms with van der Waals surface area (Å²) in [6, 6.07) is 0. The Kier molecular flexibility index (Phi) is 18.1. The molecule has 24 heavy (non-hydrogen) atoms. The molecule has 0 aromatic heterocycles. The number of unbranched alkanes of at least 4 members (excludes halogenated alkanes) is 9. The normalized spacial score (nSPS) is 12.8. The van der Waals surface area contributed by atoms with E-state index in [4.69, 9.17) is 0 Å². The van der Waals surface area contributed by atoms with Gasteiger partial charge in [-0.2, -0.15) is 0 Å². The highest BCUT2D eigenvalue weighted by Crippen LogP contribution is 2.10. The van der Waals surface area contributed by atoms with E-state index in [-0.39, 0.29) is 5.78 Å². The summed E-state index contributed by atoms with van der Waals surface area (Å²) in [4.78, 5) is 10.7. The SMILES string of the molecule is CCCCCCCCCCC/C=C/C=C/C=C/C=C/C=C/C(C)=O. The molecule has 0 bridgehead atoms. The molecular formula is C23H36O. The van der Waals surface area contributed by atoms with Gasteiger partial charge in [0.1, 0.15) is 0 Å². The number of carbonyl (C=O) groups excluding carboxylic acids is 1. The van der Waals surface area contributed by atoms with Gasteiger partial charge >= 0.3 is 0 Å². The lowest BCUT2D eigenvalue weighted by molar-refractivity contribution is -0.112. The highest BCUT2D eigenvalue weighted by molar-refractivity contribution is 5.87. The summed E-state index contributed by atoms with van der Waals surface area (Å²) < 4.78 is 0. The molecule has 0 saturated heterocycles. The second-order valence-electron chi connectivity index (χ2n) is 6.17. The van der Waals surface area contributed by atoms with Gasteiger partial charge in [0.2, 0.25) is 0 Å². The highest BCUT2D eigenvalue weighted by Gasteiger charge is 1.90. The van der Waals surface area contributed by atoms with Crippen LogP contribution in [0.1, 0.15) is 78.1 Å². The van der Waals surface area contributed by atoms with Crippen molar-refractivity contribution in [2.24, 2.45) is 0 Å². The number of rotatable bonds is 15. The van der Waals surface area contributed by atoms with Gasteiger partial charge in [0.15, 0.2) is 5.78 Å². The molecule has 0 aromatic carbocycles. The summed E-state index contributed by atoms with van der Waals surface area (Å²) in [5, 5.41) is 0. The van der Waals surface area contributed by atoms with E-state index in [2.05, 4.69) is 25.2 Å². The van der Waals surface area contributed by atoms with Crippen LogP contribution in [0.4, 0.5) is 0 Å². The number of allylic oxidation sites excluding steroid dienone is 10. The van der Waals surface area contributed by atoms with Crippen LogP contribution in [0.3, 0.4) is 0 Å². The molecule has 1 nitrogen and oxygen atoms in total. The highest BCUT2D eigenvalue weighted by atomic mass is 16.1. The average Bonchev–Trinajstić information content (AvgIpc) is 2.56. The standard InChI is InChI=1S/C23H36O/c1-3-4-5-6-7-8-9-10-11-12-13-14-15-16-17-18-19-20-21-22-23(2)24/h13-22H,3-12H2,1-2H3/b14-13+,16-15+,18-17+,20-19+,22-21+.